The standard InChI is InChI=1S/C15H20N2OS/c1-15(2,18-4)14-17-13(12(19-14)10-16-3)11-8-6-5-7-9-11/h5-9,16H,10H2,1-4H3. The van der Waals surface area contributed by atoms with Crippen LogP contribution in [0, 0.1) is 0 Å². The number of rotatable bonds is 5. The topological polar surface area (TPSA) is 34.1 Å². The van der Waals surface area contributed by atoms with E-state index in [2.05, 4.69) is 17.4 Å². The van der Waals surface area contributed by atoms with Crippen molar-refractivity contribution in [3.05, 3.63) is 40.2 Å². The van der Waals surface area contributed by atoms with Crippen molar-refractivity contribution < 1.29 is 4.74 Å². The van der Waals surface area contributed by atoms with Crippen molar-refractivity contribution in [2.24, 2.45) is 0 Å². The molecular weight excluding hydrogens is 256 g/mol. The van der Waals surface area contributed by atoms with Gasteiger partial charge < -0.3 is 10.1 Å². The lowest BCUT2D eigenvalue weighted by Crippen LogP contribution is -2.18. The number of benzene rings is 1. The molecule has 0 saturated carbocycles. The number of ether oxygens (including phenoxy) is 1. The molecule has 0 saturated heterocycles. The lowest BCUT2D eigenvalue weighted by molar-refractivity contribution is 0.0191. The van der Waals surface area contributed by atoms with Gasteiger partial charge in [-0.2, -0.15) is 0 Å². The van der Waals surface area contributed by atoms with Gasteiger partial charge in [-0.15, -0.1) is 11.3 Å². The van der Waals surface area contributed by atoms with Crippen LogP contribution in [0.1, 0.15) is 23.7 Å². The second-order valence-corrected chi connectivity index (χ2v) is 5.99. The average molecular weight is 276 g/mol. The van der Waals surface area contributed by atoms with Crippen molar-refractivity contribution >= 4 is 11.3 Å². The first kappa shape index (κ1) is 14.2. The summed E-state index contributed by atoms with van der Waals surface area (Å²) in [5, 5.41) is 4.22. The molecule has 2 rings (SSSR count). The van der Waals surface area contributed by atoms with E-state index in [1.165, 1.54) is 4.88 Å². The Morgan fingerprint density at radius 3 is 2.53 bits per heavy atom. The first-order chi connectivity index (χ1) is 9.08. The van der Waals surface area contributed by atoms with Crippen LogP contribution in [0.3, 0.4) is 0 Å². The zero-order valence-corrected chi connectivity index (χ0v) is 12.7. The van der Waals surface area contributed by atoms with Gasteiger partial charge in [0.25, 0.3) is 0 Å². The van der Waals surface area contributed by atoms with Gasteiger partial charge in [0.15, 0.2) is 0 Å². The third-order valence-electron chi connectivity index (χ3n) is 3.11. The largest absolute Gasteiger partial charge is 0.372 e. The molecule has 0 bridgehead atoms. The Labute approximate surface area is 118 Å². The van der Waals surface area contributed by atoms with E-state index < -0.39 is 0 Å². The Bertz CT molecular complexity index is 534. The molecule has 0 aliphatic heterocycles. The quantitative estimate of drug-likeness (QED) is 0.908. The fourth-order valence-electron chi connectivity index (χ4n) is 1.80. The number of nitrogens with zero attached hydrogens (tertiary/aromatic N) is 1. The summed E-state index contributed by atoms with van der Waals surface area (Å²) in [5.41, 5.74) is 1.86. The van der Waals surface area contributed by atoms with E-state index in [1.54, 1.807) is 18.4 Å². The number of thiazole rings is 1. The minimum absolute atomic E-state index is 0.347. The Balaban J connectivity index is 2.48. The first-order valence-electron chi connectivity index (χ1n) is 6.34. The van der Waals surface area contributed by atoms with Gasteiger partial charge in [0, 0.05) is 24.1 Å². The molecule has 0 aliphatic carbocycles. The molecular formula is C15H20N2OS. The highest BCUT2D eigenvalue weighted by atomic mass is 32.1. The lowest BCUT2D eigenvalue weighted by Gasteiger charge is -2.19. The zero-order chi connectivity index (χ0) is 13.9. The smallest absolute Gasteiger partial charge is 0.125 e. The highest BCUT2D eigenvalue weighted by Crippen LogP contribution is 2.34. The summed E-state index contributed by atoms with van der Waals surface area (Å²) in [6, 6.07) is 10.3. The Morgan fingerprint density at radius 2 is 1.95 bits per heavy atom. The second-order valence-electron chi connectivity index (χ2n) is 4.90. The lowest BCUT2D eigenvalue weighted by atomic mass is 10.1. The van der Waals surface area contributed by atoms with Crippen LogP contribution in [0.5, 0.6) is 0 Å². The normalized spacial score (nSPS) is 11.8. The maximum Gasteiger partial charge on any atom is 0.125 e. The van der Waals surface area contributed by atoms with Gasteiger partial charge in [-0.05, 0) is 20.9 Å². The average Bonchev–Trinajstić information content (AvgIpc) is 2.85. The van der Waals surface area contributed by atoms with Crippen molar-refractivity contribution in [1.82, 2.24) is 10.3 Å². The molecule has 0 fully saturated rings. The second kappa shape index (κ2) is 5.82. The van der Waals surface area contributed by atoms with E-state index in [4.69, 9.17) is 9.72 Å². The van der Waals surface area contributed by atoms with Crippen LogP contribution in [0.25, 0.3) is 11.3 Å². The molecule has 1 aromatic carbocycles. The fraction of sp³-hybridized carbons (Fsp3) is 0.400. The molecule has 1 N–H and O–H groups in total. The highest BCUT2D eigenvalue weighted by Gasteiger charge is 2.26. The van der Waals surface area contributed by atoms with Crippen molar-refractivity contribution in [3.63, 3.8) is 0 Å². The molecule has 102 valence electrons. The summed E-state index contributed by atoms with van der Waals surface area (Å²) in [7, 11) is 3.68. The number of hydrogen-bond donors (Lipinski definition) is 1. The Hall–Kier alpha value is -1.23. The fourth-order valence-corrected chi connectivity index (χ4v) is 2.97. The molecule has 0 amide bonds. The summed E-state index contributed by atoms with van der Waals surface area (Å²) < 4.78 is 5.53. The minimum Gasteiger partial charge on any atom is -0.372 e. The molecule has 0 radical (unpaired) electrons. The zero-order valence-electron chi connectivity index (χ0n) is 11.9. The maximum absolute atomic E-state index is 5.53. The third-order valence-corrected chi connectivity index (χ3v) is 4.47. The number of nitrogens with one attached hydrogen (secondary N) is 1. The van der Waals surface area contributed by atoms with Gasteiger partial charge in [-0.3, -0.25) is 0 Å². The first-order valence-corrected chi connectivity index (χ1v) is 7.15. The summed E-state index contributed by atoms with van der Waals surface area (Å²) in [6.07, 6.45) is 0. The summed E-state index contributed by atoms with van der Waals surface area (Å²) in [4.78, 5) is 6.04. The van der Waals surface area contributed by atoms with E-state index in [0.717, 1.165) is 22.8 Å². The molecule has 1 aromatic heterocycles. The molecule has 1 heterocycles. The van der Waals surface area contributed by atoms with E-state index in [9.17, 15) is 0 Å². The molecule has 4 heteroatoms. The van der Waals surface area contributed by atoms with E-state index in [-0.39, 0.29) is 5.60 Å². The predicted octanol–water partition coefficient (Wildman–Crippen LogP) is 3.41. The highest BCUT2D eigenvalue weighted by molar-refractivity contribution is 7.12. The van der Waals surface area contributed by atoms with E-state index >= 15 is 0 Å². The van der Waals surface area contributed by atoms with Gasteiger partial charge in [0.2, 0.25) is 0 Å². The molecule has 0 unspecified atom stereocenters. The Kier molecular flexibility index (Phi) is 4.34. The molecule has 2 aromatic rings. The van der Waals surface area contributed by atoms with E-state index in [0.29, 0.717) is 0 Å². The molecule has 0 aliphatic rings. The number of aromatic nitrogens is 1. The van der Waals surface area contributed by atoms with Crippen LogP contribution in [-0.2, 0) is 16.9 Å². The number of methoxy groups -OCH3 is 1. The van der Waals surface area contributed by atoms with Crippen molar-refractivity contribution in [1.29, 1.82) is 0 Å². The van der Waals surface area contributed by atoms with Gasteiger partial charge >= 0.3 is 0 Å². The summed E-state index contributed by atoms with van der Waals surface area (Å²) in [6.45, 7) is 4.91. The van der Waals surface area contributed by atoms with Crippen molar-refractivity contribution in [2.75, 3.05) is 14.2 Å². The van der Waals surface area contributed by atoms with Crippen LogP contribution in [-0.4, -0.2) is 19.1 Å². The monoisotopic (exact) mass is 276 g/mol. The predicted molar refractivity (Wildman–Crippen MR) is 80.3 cm³/mol. The van der Waals surface area contributed by atoms with E-state index in [1.807, 2.05) is 39.1 Å². The van der Waals surface area contributed by atoms with Crippen molar-refractivity contribution in [2.45, 2.75) is 26.0 Å². The van der Waals surface area contributed by atoms with Gasteiger partial charge in [0.1, 0.15) is 10.6 Å². The van der Waals surface area contributed by atoms with Gasteiger partial charge in [-0.25, -0.2) is 4.98 Å². The van der Waals surface area contributed by atoms with Crippen LogP contribution in [0.15, 0.2) is 30.3 Å². The van der Waals surface area contributed by atoms with Gasteiger partial charge in [0.05, 0.1) is 5.69 Å². The van der Waals surface area contributed by atoms with Crippen LogP contribution in [0.4, 0.5) is 0 Å². The third kappa shape index (κ3) is 3.03. The summed E-state index contributed by atoms with van der Waals surface area (Å²) in [5.74, 6) is 0. The maximum atomic E-state index is 5.53. The SMILES string of the molecule is CNCc1sc(C(C)(C)OC)nc1-c1ccccc1. The summed E-state index contributed by atoms with van der Waals surface area (Å²) >= 11 is 1.71. The molecule has 19 heavy (non-hydrogen) atoms. The molecule has 0 spiro atoms. The van der Waals surface area contributed by atoms with Crippen LogP contribution in [0.2, 0.25) is 0 Å². The molecule has 0 atom stereocenters. The van der Waals surface area contributed by atoms with Crippen LogP contribution >= 0.6 is 11.3 Å². The minimum atomic E-state index is -0.347. The molecule has 3 nitrogen and oxygen atoms in total. The van der Waals surface area contributed by atoms with Crippen molar-refractivity contribution in [3.8, 4) is 11.3 Å². The number of hydrogen-bond acceptors (Lipinski definition) is 4. The Morgan fingerprint density at radius 1 is 1.26 bits per heavy atom. The van der Waals surface area contributed by atoms with Gasteiger partial charge in [-0.1, -0.05) is 30.3 Å². The van der Waals surface area contributed by atoms with Crippen LogP contribution < -0.4 is 5.32 Å².